The highest BCUT2D eigenvalue weighted by Crippen LogP contribution is 2.31. The van der Waals surface area contributed by atoms with E-state index in [0.717, 1.165) is 19.3 Å². The lowest BCUT2D eigenvalue weighted by Crippen LogP contribution is -2.43. The van der Waals surface area contributed by atoms with Gasteiger partial charge in [-0.3, -0.25) is 4.79 Å². The van der Waals surface area contributed by atoms with Crippen molar-refractivity contribution in [2.45, 2.75) is 45.6 Å². The zero-order chi connectivity index (χ0) is 14.7. The third kappa shape index (κ3) is 3.45. The van der Waals surface area contributed by atoms with Crippen molar-refractivity contribution in [3.05, 3.63) is 28.8 Å². The highest BCUT2D eigenvalue weighted by Gasteiger charge is 2.29. The Bertz CT molecular complexity index is 487. The number of hydrogen-bond donors (Lipinski definition) is 2. The van der Waals surface area contributed by atoms with E-state index in [1.165, 1.54) is 12.5 Å². The van der Waals surface area contributed by atoms with Crippen LogP contribution in [0, 0.1) is 11.8 Å². The molecule has 20 heavy (non-hydrogen) atoms. The van der Waals surface area contributed by atoms with Gasteiger partial charge in [0, 0.05) is 11.1 Å². The number of hydrogen-bond acceptors (Lipinski definition) is 2. The van der Waals surface area contributed by atoms with Crippen LogP contribution in [0.5, 0.6) is 5.75 Å². The quantitative estimate of drug-likeness (QED) is 0.886. The summed E-state index contributed by atoms with van der Waals surface area (Å²) >= 11 is 5.79. The SMILES string of the molecule is CC(C)C1CCCCC1NC(=O)c1ccc(Cl)cc1O. The third-order valence-corrected chi connectivity index (χ3v) is 4.43. The first-order valence-electron chi connectivity index (χ1n) is 7.28. The van der Waals surface area contributed by atoms with Gasteiger partial charge >= 0.3 is 0 Å². The number of halogens is 1. The Morgan fingerprint density at radius 1 is 1.35 bits per heavy atom. The minimum absolute atomic E-state index is 0.0630. The summed E-state index contributed by atoms with van der Waals surface area (Å²) in [5.41, 5.74) is 0.294. The van der Waals surface area contributed by atoms with Crippen LogP contribution >= 0.6 is 11.6 Å². The molecule has 1 fully saturated rings. The smallest absolute Gasteiger partial charge is 0.255 e. The number of phenolic OH excluding ortho intramolecular Hbond substituents is 1. The summed E-state index contributed by atoms with van der Waals surface area (Å²) in [6.45, 7) is 4.41. The highest BCUT2D eigenvalue weighted by atomic mass is 35.5. The van der Waals surface area contributed by atoms with E-state index in [1.807, 2.05) is 0 Å². The van der Waals surface area contributed by atoms with Gasteiger partial charge in [-0.1, -0.05) is 38.3 Å². The lowest BCUT2D eigenvalue weighted by atomic mass is 9.78. The predicted molar refractivity (Wildman–Crippen MR) is 81.2 cm³/mol. The Morgan fingerprint density at radius 2 is 2.05 bits per heavy atom. The van der Waals surface area contributed by atoms with Crippen LogP contribution in [0.4, 0.5) is 0 Å². The number of benzene rings is 1. The molecule has 1 aliphatic carbocycles. The number of amides is 1. The minimum Gasteiger partial charge on any atom is -0.507 e. The van der Waals surface area contributed by atoms with E-state index in [1.54, 1.807) is 12.1 Å². The second-order valence-electron chi connectivity index (χ2n) is 5.93. The highest BCUT2D eigenvalue weighted by molar-refractivity contribution is 6.30. The van der Waals surface area contributed by atoms with Crippen molar-refractivity contribution in [1.29, 1.82) is 0 Å². The number of carbonyl (C=O) groups is 1. The molecule has 0 heterocycles. The van der Waals surface area contributed by atoms with Crippen molar-refractivity contribution in [3.8, 4) is 5.75 Å². The van der Waals surface area contributed by atoms with Crippen LogP contribution in [0.15, 0.2) is 18.2 Å². The number of aromatic hydroxyl groups is 1. The fourth-order valence-electron chi connectivity index (χ4n) is 3.08. The van der Waals surface area contributed by atoms with Crippen molar-refractivity contribution in [2.24, 2.45) is 11.8 Å². The molecule has 1 amide bonds. The second-order valence-corrected chi connectivity index (χ2v) is 6.37. The minimum atomic E-state index is -0.211. The molecule has 1 aromatic rings. The third-order valence-electron chi connectivity index (χ3n) is 4.20. The van der Waals surface area contributed by atoms with Gasteiger partial charge in [-0.15, -0.1) is 0 Å². The standard InChI is InChI=1S/C16H22ClNO2/c1-10(2)12-5-3-4-6-14(12)18-16(20)13-8-7-11(17)9-15(13)19/h7-10,12,14,19H,3-6H2,1-2H3,(H,18,20). The molecule has 0 aliphatic heterocycles. The van der Waals surface area contributed by atoms with Gasteiger partial charge in [0.25, 0.3) is 5.91 Å². The Labute approximate surface area is 125 Å². The van der Waals surface area contributed by atoms with Crippen LogP contribution in [-0.4, -0.2) is 17.1 Å². The normalized spacial score (nSPS) is 22.8. The number of nitrogens with one attached hydrogen (secondary N) is 1. The topological polar surface area (TPSA) is 49.3 Å². The van der Waals surface area contributed by atoms with Crippen molar-refractivity contribution >= 4 is 17.5 Å². The van der Waals surface area contributed by atoms with Gasteiger partial charge in [0.15, 0.2) is 0 Å². The van der Waals surface area contributed by atoms with Crippen LogP contribution < -0.4 is 5.32 Å². The Kier molecular flexibility index (Phi) is 4.92. The molecule has 1 aliphatic rings. The zero-order valence-electron chi connectivity index (χ0n) is 12.0. The van der Waals surface area contributed by atoms with Crippen molar-refractivity contribution < 1.29 is 9.90 Å². The Hall–Kier alpha value is -1.22. The van der Waals surface area contributed by atoms with Gasteiger partial charge in [0.05, 0.1) is 5.56 Å². The fourth-order valence-corrected chi connectivity index (χ4v) is 3.25. The maximum atomic E-state index is 12.3. The summed E-state index contributed by atoms with van der Waals surface area (Å²) in [6.07, 6.45) is 4.57. The lowest BCUT2D eigenvalue weighted by Gasteiger charge is -2.35. The largest absolute Gasteiger partial charge is 0.507 e. The van der Waals surface area contributed by atoms with E-state index in [-0.39, 0.29) is 17.7 Å². The maximum Gasteiger partial charge on any atom is 0.255 e. The van der Waals surface area contributed by atoms with E-state index >= 15 is 0 Å². The summed E-state index contributed by atoms with van der Waals surface area (Å²) < 4.78 is 0. The summed E-state index contributed by atoms with van der Waals surface area (Å²) in [4.78, 5) is 12.3. The van der Waals surface area contributed by atoms with Gasteiger partial charge in [-0.05, 0) is 42.9 Å². The molecule has 0 radical (unpaired) electrons. The molecule has 2 N–H and O–H groups in total. The summed E-state index contributed by atoms with van der Waals surface area (Å²) in [7, 11) is 0. The van der Waals surface area contributed by atoms with E-state index in [4.69, 9.17) is 11.6 Å². The van der Waals surface area contributed by atoms with Gasteiger partial charge in [0.2, 0.25) is 0 Å². The first-order chi connectivity index (χ1) is 9.49. The molecule has 3 nitrogen and oxygen atoms in total. The molecule has 1 saturated carbocycles. The van der Waals surface area contributed by atoms with E-state index in [0.29, 0.717) is 22.4 Å². The van der Waals surface area contributed by atoms with Crippen LogP contribution in [-0.2, 0) is 0 Å². The molecule has 4 heteroatoms. The van der Waals surface area contributed by atoms with Crippen molar-refractivity contribution in [2.75, 3.05) is 0 Å². The summed E-state index contributed by atoms with van der Waals surface area (Å²) in [5, 5.41) is 13.3. The summed E-state index contributed by atoms with van der Waals surface area (Å²) in [6, 6.07) is 4.79. The predicted octanol–water partition coefficient (Wildman–Crippen LogP) is 3.99. The van der Waals surface area contributed by atoms with Crippen LogP contribution in [0.2, 0.25) is 5.02 Å². The molecule has 0 spiro atoms. The van der Waals surface area contributed by atoms with Crippen LogP contribution in [0.25, 0.3) is 0 Å². The average Bonchev–Trinajstić information content (AvgIpc) is 2.38. The fraction of sp³-hybridized carbons (Fsp3) is 0.562. The molecular weight excluding hydrogens is 274 g/mol. The molecule has 0 aromatic heterocycles. The molecular formula is C16H22ClNO2. The monoisotopic (exact) mass is 295 g/mol. The van der Waals surface area contributed by atoms with E-state index < -0.39 is 0 Å². The Morgan fingerprint density at radius 3 is 2.70 bits per heavy atom. The Balaban J connectivity index is 2.09. The zero-order valence-corrected chi connectivity index (χ0v) is 12.8. The van der Waals surface area contributed by atoms with Crippen LogP contribution in [0.3, 0.4) is 0 Å². The maximum absolute atomic E-state index is 12.3. The first-order valence-corrected chi connectivity index (χ1v) is 7.66. The summed E-state index contributed by atoms with van der Waals surface area (Å²) in [5.74, 6) is 0.796. The average molecular weight is 296 g/mol. The van der Waals surface area contributed by atoms with Gasteiger partial charge in [-0.2, -0.15) is 0 Å². The molecule has 2 unspecified atom stereocenters. The first kappa shape index (κ1) is 15.2. The second kappa shape index (κ2) is 6.49. The number of carbonyl (C=O) groups excluding carboxylic acids is 1. The number of rotatable bonds is 3. The molecule has 0 bridgehead atoms. The van der Waals surface area contributed by atoms with Crippen molar-refractivity contribution in [3.63, 3.8) is 0 Å². The van der Waals surface area contributed by atoms with Gasteiger partial charge in [-0.25, -0.2) is 0 Å². The van der Waals surface area contributed by atoms with Crippen LogP contribution in [0.1, 0.15) is 49.9 Å². The molecule has 0 saturated heterocycles. The van der Waals surface area contributed by atoms with E-state index in [9.17, 15) is 9.90 Å². The van der Waals surface area contributed by atoms with Crippen molar-refractivity contribution in [1.82, 2.24) is 5.32 Å². The molecule has 2 rings (SSSR count). The van der Waals surface area contributed by atoms with Gasteiger partial charge < -0.3 is 10.4 Å². The number of phenols is 1. The molecule has 2 atom stereocenters. The molecule has 1 aromatic carbocycles. The van der Waals surface area contributed by atoms with E-state index in [2.05, 4.69) is 19.2 Å². The lowest BCUT2D eigenvalue weighted by molar-refractivity contribution is 0.0886. The van der Waals surface area contributed by atoms with Gasteiger partial charge in [0.1, 0.15) is 5.75 Å². The molecule has 110 valence electrons.